The molecule has 4 N–H and O–H groups in total. The van der Waals surface area contributed by atoms with Crippen LogP contribution in [-0.2, 0) is 36.0 Å². The first-order chi connectivity index (χ1) is 38.5. The van der Waals surface area contributed by atoms with Crippen molar-refractivity contribution in [1.29, 1.82) is 0 Å². The van der Waals surface area contributed by atoms with Gasteiger partial charge in [0.05, 0.1) is 85.1 Å². The smallest absolute Gasteiger partial charge is 0.657 e. The molecule has 2 aliphatic rings. The van der Waals surface area contributed by atoms with Gasteiger partial charge in [-0.25, -0.2) is 9.97 Å². The largest absolute Gasteiger partial charge is 2.00 e. The van der Waals surface area contributed by atoms with Gasteiger partial charge in [0.15, 0.2) is 0 Å². The number of rotatable bonds is 16. The van der Waals surface area contributed by atoms with Crippen molar-refractivity contribution >= 4 is 92.7 Å². The molecule has 16 nitrogen and oxygen atoms in total. The zero-order valence-electron chi connectivity index (χ0n) is 47.2. The molecule has 5 heterocycles. The summed E-state index contributed by atoms with van der Waals surface area (Å²) in [5.74, 6) is -0.696. The van der Waals surface area contributed by atoms with Gasteiger partial charge in [-0.05, 0) is 84.0 Å². The fourth-order valence-corrected chi connectivity index (χ4v) is 9.48. The van der Waals surface area contributed by atoms with Gasteiger partial charge < -0.3 is 50.2 Å². The molecule has 0 fully saturated rings. The normalized spacial score (nSPS) is 11.7. The zero-order chi connectivity index (χ0) is 57.1. The summed E-state index contributed by atoms with van der Waals surface area (Å²) in [6, 6.07) is 29.2. The van der Waals surface area contributed by atoms with Gasteiger partial charge in [-0.2, -0.15) is 0 Å². The molecule has 0 saturated carbocycles. The number of methoxy groups -OCH3 is 4. The third kappa shape index (κ3) is 11.6. The zero-order valence-corrected chi connectivity index (χ0v) is 48.3. The van der Waals surface area contributed by atoms with Crippen LogP contribution in [0.1, 0.15) is 78.2 Å². The number of nitrogens with one attached hydrogen (secondary N) is 4. The number of fused-ring (bicyclic) bond motifs is 8. The van der Waals surface area contributed by atoms with Gasteiger partial charge in [0, 0.05) is 45.9 Å². The first kappa shape index (κ1) is 58.2. The van der Waals surface area contributed by atoms with Crippen LogP contribution in [0.5, 0.6) is 23.0 Å². The molecule has 0 unspecified atom stereocenters. The number of benzene rings is 4. The molecule has 2 aliphatic heterocycles. The Bertz CT molecular complexity index is 3480. The molecule has 1 radical (unpaired) electrons. The number of nitrogens with zero attached hydrogens (tertiary/aromatic N) is 4. The molecule has 417 valence electrons. The van der Waals surface area contributed by atoms with Crippen LogP contribution in [0, 0.1) is 23.7 Å². The Labute approximate surface area is 481 Å². The molecule has 3 aromatic heterocycles. The second kappa shape index (κ2) is 24.6. The molecule has 0 spiro atoms. The molecule has 4 amide bonds. The fraction of sp³-hybridized carbons (Fsp3) is 0.250. The minimum absolute atomic E-state index is 0. The predicted molar refractivity (Wildman–Crippen MR) is 319 cm³/mol. The van der Waals surface area contributed by atoms with E-state index in [1.54, 1.807) is 64.8 Å². The summed E-state index contributed by atoms with van der Waals surface area (Å²) >= 11 is 0. The van der Waals surface area contributed by atoms with Crippen LogP contribution in [0.2, 0.25) is 0 Å². The minimum Gasteiger partial charge on any atom is -0.657 e. The number of amides is 4. The van der Waals surface area contributed by atoms with Gasteiger partial charge in [0.2, 0.25) is 23.6 Å². The van der Waals surface area contributed by atoms with E-state index in [1.807, 2.05) is 140 Å². The number of hydrogen-bond acceptors (Lipinski definition) is 10. The Morgan fingerprint density at radius 2 is 0.568 bits per heavy atom. The van der Waals surface area contributed by atoms with Gasteiger partial charge in [-0.3, -0.25) is 19.2 Å². The van der Waals surface area contributed by atoms with E-state index in [-0.39, 0.29) is 40.4 Å². The molecule has 0 aliphatic carbocycles. The Morgan fingerprint density at radius 3 is 0.790 bits per heavy atom. The van der Waals surface area contributed by atoms with E-state index in [9.17, 15) is 19.2 Å². The van der Waals surface area contributed by atoms with Gasteiger partial charge in [0.1, 0.15) is 23.0 Å². The third-order valence-electron chi connectivity index (χ3n) is 13.7. The first-order valence-electron chi connectivity index (χ1n) is 26.4. The Balaban J connectivity index is 0.00000860. The molecular weight excluding hydrogens is 1070 g/mol. The Hall–Kier alpha value is -8.93. The van der Waals surface area contributed by atoms with Crippen molar-refractivity contribution < 1.29 is 54.9 Å². The monoisotopic (exact) mass is 1130 g/mol. The maximum absolute atomic E-state index is 13.8. The summed E-state index contributed by atoms with van der Waals surface area (Å²) in [6.07, 6.45) is 7.48. The summed E-state index contributed by atoms with van der Waals surface area (Å²) < 4.78 is 24.4. The molecule has 9 rings (SSSR count). The van der Waals surface area contributed by atoms with E-state index in [1.165, 1.54) is 0 Å². The number of anilines is 4. The van der Waals surface area contributed by atoms with Crippen molar-refractivity contribution in [3.63, 3.8) is 0 Å². The van der Waals surface area contributed by atoms with Gasteiger partial charge in [-0.1, -0.05) is 104 Å². The average molecular weight is 1130 g/mol. The average Bonchev–Trinajstić information content (AvgIpc) is 4.52. The maximum Gasteiger partial charge on any atom is 2.00 e. The summed E-state index contributed by atoms with van der Waals surface area (Å²) in [4.78, 5) is 77.1. The molecule has 8 bridgehead atoms. The summed E-state index contributed by atoms with van der Waals surface area (Å²) in [6.45, 7) is 14.5. The van der Waals surface area contributed by atoms with E-state index in [0.29, 0.717) is 135 Å². The van der Waals surface area contributed by atoms with Gasteiger partial charge in [-0.15, -0.1) is 22.1 Å². The molecule has 17 heteroatoms. The number of hydrogen-bond donors (Lipinski definition) is 4. The molecule has 0 atom stereocenters. The maximum atomic E-state index is 13.8. The standard InChI is InChI=1S/C64H66N8O8.Co/c1-33(2)61(73)69-37-17-13-18-38(70-62(74)34(3)4)53(37)55-41-25-29-45(65-41)57(59-49(77-9)21-15-22-50(59)78-10)47-31-27-43(67-47)56(54-39(71-63(75)35(5)6)19-14-20-40(54)72-64(76)36(7)8)44-28-32-48(68-44)58(46-30-26-42(55)66-46)60-51(79-11)23-16-24-52(60)80-12;/h13-36H,1-12H3,(H6,65,66,67,68,69,70,71,72,73,74,75,76);/q;+2/p-2. The van der Waals surface area contributed by atoms with E-state index in [0.717, 1.165) is 0 Å². The van der Waals surface area contributed by atoms with E-state index < -0.39 is 23.7 Å². The van der Waals surface area contributed by atoms with Crippen molar-refractivity contribution in [2.75, 3.05) is 49.7 Å². The molecule has 81 heavy (non-hydrogen) atoms. The van der Waals surface area contributed by atoms with E-state index in [4.69, 9.17) is 38.9 Å². The third-order valence-corrected chi connectivity index (χ3v) is 13.7. The molecule has 4 aromatic carbocycles. The van der Waals surface area contributed by atoms with Crippen LogP contribution in [0.25, 0.3) is 90.9 Å². The molecular formula is C64H64CoN8O8. The van der Waals surface area contributed by atoms with Crippen LogP contribution in [0.15, 0.2) is 97.1 Å². The van der Waals surface area contributed by atoms with Gasteiger partial charge in [0.25, 0.3) is 0 Å². The van der Waals surface area contributed by atoms with Crippen LogP contribution in [0.4, 0.5) is 22.7 Å². The number of carbonyl (C=O) groups is 4. The second-order valence-corrected chi connectivity index (χ2v) is 20.5. The Kier molecular flexibility index (Phi) is 17.7. The minimum atomic E-state index is -0.397. The van der Waals surface area contributed by atoms with Crippen LogP contribution in [-0.4, -0.2) is 62.0 Å². The fourth-order valence-electron chi connectivity index (χ4n) is 9.48. The molecule has 7 aromatic rings. The topological polar surface area (TPSA) is 207 Å². The summed E-state index contributed by atoms with van der Waals surface area (Å²) in [5.41, 5.74) is 9.22. The SMILES string of the molecule is COc1cccc(OC)c1-c1c2nc(c(-c3c(NC(=O)C(C)C)cccc3NC(=O)C(C)C)c3ccc([n-]3)c(-c3c(OC)cccc3OC)c3nc(c(-c4c(NC(=O)C(C)C)cccc4NC(=O)C(C)C)c4ccc1[n-]4)C=C3)C=C2.[Co+2]. The second-order valence-electron chi connectivity index (χ2n) is 20.5. The number of aromatic nitrogens is 4. The predicted octanol–water partition coefficient (Wildman–Crippen LogP) is 13.0. The van der Waals surface area contributed by atoms with Crippen LogP contribution in [0.3, 0.4) is 0 Å². The molecule has 0 saturated heterocycles. The van der Waals surface area contributed by atoms with Crippen molar-refractivity contribution in [1.82, 2.24) is 19.9 Å². The first-order valence-corrected chi connectivity index (χ1v) is 26.4. The van der Waals surface area contributed by atoms with Crippen molar-refractivity contribution in [2.45, 2.75) is 55.4 Å². The summed E-state index contributed by atoms with van der Waals surface area (Å²) in [5, 5.41) is 12.6. The van der Waals surface area contributed by atoms with E-state index in [2.05, 4.69) is 21.3 Å². The number of carbonyl (C=O) groups excluding carboxylic acids is 4. The van der Waals surface area contributed by atoms with Crippen molar-refractivity contribution in [2.24, 2.45) is 23.7 Å². The number of ether oxygens (including phenoxy) is 4. The Morgan fingerprint density at radius 1 is 0.346 bits per heavy atom. The van der Waals surface area contributed by atoms with Crippen molar-refractivity contribution in [3.05, 3.63) is 120 Å². The summed E-state index contributed by atoms with van der Waals surface area (Å²) in [7, 11) is 6.31. The van der Waals surface area contributed by atoms with E-state index >= 15 is 0 Å². The van der Waals surface area contributed by atoms with Crippen LogP contribution < -0.4 is 50.2 Å². The van der Waals surface area contributed by atoms with Crippen LogP contribution >= 0.6 is 0 Å². The van der Waals surface area contributed by atoms with Gasteiger partial charge >= 0.3 is 16.8 Å². The quantitative estimate of drug-likeness (QED) is 0.0713. The van der Waals surface area contributed by atoms with Crippen molar-refractivity contribution in [3.8, 4) is 67.5 Å².